The molecule has 0 aromatic heterocycles. The van der Waals surface area contributed by atoms with E-state index in [1.807, 2.05) is 36.4 Å². The molecule has 1 spiro atoms. The predicted molar refractivity (Wildman–Crippen MR) is 161 cm³/mol. The number of cyclic esters (lactones) is 1. The smallest absolute Gasteiger partial charge is 0.313 e. The van der Waals surface area contributed by atoms with Gasteiger partial charge in [0.1, 0.15) is 23.7 Å². The molecule has 4 heterocycles. The Balaban J connectivity index is 1.43. The molecule has 4 aliphatic rings. The number of aliphatic hydroxyl groups is 1. The van der Waals surface area contributed by atoms with Gasteiger partial charge in [-0.15, -0.1) is 0 Å². The molecule has 2 saturated heterocycles. The highest BCUT2D eigenvalue weighted by Gasteiger charge is 2.73. The van der Waals surface area contributed by atoms with Crippen LogP contribution in [0, 0.1) is 11.8 Å². The lowest BCUT2D eigenvalue weighted by atomic mass is 9.74. The average Bonchev–Trinajstić information content (AvgIpc) is 3.67. The van der Waals surface area contributed by atoms with Gasteiger partial charge in [0.25, 0.3) is 5.91 Å². The van der Waals surface area contributed by atoms with Crippen LogP contribution < -0.4 is 10.2 Å². The summed E-state index contributed by atoms with van der Waals surface area (Å²) in [6, 6.07) is 14.9. The second-order valence-corrected chi connectivity index (χ2v) is 11.8. The number of hydrogen-bond donors (Lipinski definition) is 2. The van der Waals surface area contributed by atoms with Crippen LogP contribution in [-0.4, -0.2) is 77.7 Å². The van der Waals surface area contributed by atoms with Crippen molar-refractivity contribution in [3.8, 4) is 0 Å². The van der Waals surface area contributed by atoms with Crippen molar-refractivity contribution in [2.75, 3.05) is 31.1 Å². The summed E-state index contributed by atoms with van der Waals surface area (Å²) >= 11 is 6.57. The lowest BCUT2D eigenvalue weighted by molar-refractivity contribution is -0.159. The first-order valence-corrected chi connectivity index (χ1v) is 15.2. The highest BCUT2D eigenvalue weighted by Crippen LogP contribution is 2.56. The summed E-state index contributed by atoms with van der Waals surface area (Å²) in [5, 5.41) is 12.9. The fraction of sp³-hybridized carbons (Fsp3) is 0.394. The number of aliphatic hydroxyl groups excluding tert-OH is 1. The molecule has 0 saturated carbocycles. The number of anilines is 1. The van der Waals surface area contributed by atoms with Crippen LogP contribution in [0.15, 0.2) is 78.9 Å². The van der Waals surface area contributed by atoms with E-state index in [1.54, 1.807) is 42.5 Å². The van der Waals surface area contributed by atoms with Crippen molar-refractivity contribution in [2.24, 2.45) is 11.8 Å². The number of amides is 3. The summed E-state index contributed by atoms with van der Waals surface area (Å²) in [6.45, 7) is 0.0887. The molecule has 2 aromatic rings. The molecule has 2 fully saturated rings. The highest BCUT2D eigenvalue weighted by atomic mass is 35.5. The van der Waals surface area contributed by atoms with Crippen LogP contribution in [-0.2, 0) is 28.7 Å². The minimum Gasteiger partial charge on any atom is -0.455 e. The maximum Gasteiger partial charge on any atom is 0.313 e. The molecule has 230 valence electrons. The zero-order valence-corrected chi connectivity index (χ0v) is 24.8. The normalized spacial score (nSPS) is 31.2. The minimum atomic E-state index is -1.41. The molecule has 10 nitrogen and oxygen atoms in total. The maximum atomic E-state index is 14.6. The van der Waals surface area contributed by atoms with Gasteiger partial charge in [-0.2, -0.15) is 0 Å². The third-order valence-electron chi connectivity index (χ3n) is 8.75. The Bertz CT molecular complexity index is 1500. The molecule has 2 aromatic carbocycles. The van der Waals surface area contributed by atoms with E-state index in [1.165, 1.54) is 9.80 Å². The largest absolute Gasteiger partial charge is 0.455 e. The number of fused-ring (bicyclic) bond motifs is 2. The van der Waals surface area contributed by atoms with Gasteiger partial charge in [-0.3, -0.25) is 19.2 Å². The Kier molecular flexibility index (Phi) is 8.57. The van der Waals surface area contributed by atoms with Gasteiger partial charge >= 0.3 is 5.97 Å². The summed E-state index contributed by atoms with van der Waals surface area (Å²) < 4.78 is 12.5. The second-order valence-electron chi connectivity index (χ2n) is 11.4. The third-order valence-corrected chi connectivity index (χ3v) is 9.07. The Morgan fingerprint density at radius 1 is 1.00 bits per heavy atom. The number of nitrogens with zero attached hydrogens (tertiary/aromatic N) is 2. The number of carbonyl (C=O) groups is 4. The molecular weight excluding hydrogens is 586 g/mol. The molecule has 5 bridgehead atoms. The lowest BCUT2D eigenvalue weighted by Gasteiger charge is -2.36. The van der Waals surface area contributed by atoms with Crippen molar-refractivity contribution in [3.63, 3.8) is 0 Å². The number of hydrogen-bond acceptors (Lipinski definition) is 7. The molecule has 2 N–H and O–H groups in total. The van der Waals surface area contributed by atoms with E-state index in [-0.39, 0.29) is 45.0 Å². The van der Waals surface area contributed by atoms with E-state index >= 15 is 0 Å². The Labute approximate surface area is 260 Å². The number of nitrogens with one attached hydrogen (secondary N) is 1. The van der Waals surface area contributed by atoms with Crippen LogP contribution in [0.4, 0.5) is 5.69 Å². The third kappa shape index (κ3) is 5.31. The van der Waals surface area contributed by atoms with E-state index in [9.17, 15) is 24.3 Å². The number of ether oxygens (including phenoxy) is 2. The first-order valence-electron chi connectivity index (χ1n) is 14.9. The number of halogens is 1. The van der Waals surface area contributed by atoms with Crippen LogP contribution >= 0.6 is 11.6 Å². The van der Waals surface area contributed by atoms with Crippen molar-refractivity contribution in [1.82, 2.24) is 10.2 Å². The van der Waals surface area contributed by atoms with Gasteiger partial charge in [0.2, 0.25) is 11.8 Å². The lowest BCUT2D eigenvalue weighted by Crippen LogP contribution is -2.56. The zero-order chi connectivity index (χ0) is 30.8. The number of para-hydroxylation sites is 1. The molecule has 11 heteroatoms. The van der Waals surface area contributed by atoms with Crippen LogP contribution in [0.25, 0.3) is 0 Å². The maximum absolute atomic E-state index is 14.6. The SMILES string of the molecule is O=C1CC/C=C\CN(c2ccccc2Cl)C(=O)[C@H]2N(CCCO)C(=O)[C@@H]3[C@@H](C(=O)O[C@@H](c4ccccc4)CN1)[C@H]1C=C[C@]32O1. The van der Waals surface area contributed by atoms with E-state index in [0.717, 1.165) is 0 Å². The first kappa shape index (κ1) is 30.1. The van der Waals surface area contributed by atoms with E-state index in [0.29, 0.717) is 22.7 Å². The van der Waals surface area contributed by atoms with Crippen molar-refractivity contribution < 1.29 is 33.8 Å². The number of benzene rings is 2. The van der Waals surface area contributed by atoms with Crippen LogP contribution in [0.5, 0.6) is 0 Å². The fourth-order valence-electron chi connectivity index (χ4n) is 6.74. The quantitative estimate of drug-likeness (QED) is 0.389. The number of esters is 1. The molecule has 3 amide bonds. The van der Waals surface area contributed by atoms with Gasteiger partial charge in [0.15, 0.2) is 0 Å². The predicted octanol–water partition coefficient (Wildman–Crippen LogP) is 2.96. The van der Waals surface area contributed by atoms with Crippen LogP contribution in [0.1, 0.15) is 30.9 Å². The summed E-state index contributed by atoms with van der Waals surface area (Å²) in [5.74, 6) is -3.72. The molecule has 0 aliphatic carbocycles. The minimum absolute atomic E-state index is 0.0557. The van der Waals surface area contributed by atoms with Crippen LogP contribution in [0.2, 0.25) is 5.02 Å². The first-order chi connectivity index (χ1) is 21.4. The average molecular weight is 620 g/mol. The summed E-state index contributed by atoms with van der Waals surface area (Å²) in [5.41, 5.74) is -0.267. The zero-order valence-electron chi connectivity index (χ0n) is 24.0. The molecule has 6 atom stereocenters. The summed E-state index contributed by atoms with van der Waals surface area (Å²) in [4.78, 5) is 58.4. The second kappa shape index (κ2) is 12.6. The van der Waals surface area contributed by atoms with Gasteiger partial charge < -0.3 is 29.7 Å². The highest BCUT2D eigenvalue weighted by molar-refractivity contribution is 6.34. The summed E-state index contributed by atoms with van der Waals surface area (Å²) in [7, 11) is 0. The van der Waals surface area contributed by atoms with E-state index in [4.69, 9.17) is 21.1 Å². The van der Waals surface area contributed by atoms with Gasteiger partial charge in [-0.1, -0.05) is 78.4 Å². The van der Waals surface area contributed by atoms with Gasteiger partial charge in [-0.25, -0.2) is 0 Å². The summed E-state index contributed by atoms with van der Waals surface area (Å²) in [6.07, 6.45) is 6.35. The molecule has 0 unspecified atom stereocenters. The van der Waals surface area contributed by atoms with Crippen molar-refractivity contribution in [3.05, 3.63) is 89.5 Å². The topological polar surface area (TPSA) is 125 Å². The van der Waals surface area contributed by atoms with Gasteiger partial charge in [0, 0.05) is 26.1 Å². The van der Waals surface area contributed by atoms with Crippen molar-refractivity contribution in [1.29, 1.82) is 0 Å². The van der Waals surface area contributed by atoms with Crippen molar-refractivity contribution in [2.45, 2.75) is 43.1 Å². The number of rotatable bonds is 5. The Hall–Kier alpha value is -3.99. The standard InChI is InChI=1S/C33H34ClN3O7/c34-22-12-6-7-13-23(22)36-17-8-2-5-14-26(39)35-20-25(21-10-3-1-4-11-21)43-32(42)27-24-15-16-33(44-24)28(27)30(40)37(18-9-19-38)29(33)31(36)41/h1-4,6-8,10-13,15-16,24-25,27-29,38H,5,9,14,17-20H2,(H,35,39)/b8-2-/t24-,25-,27+,28+,29-,33+/m1/s1. The van der Waals surface area contributed by atoms with Gasteiger partial charge in [0.05, 0.1) is 29.3 Å². The Morgan fingerprint density at radius 3 is 2.55 bits per heavy atom. The fourth-order valence-corrected chi connectivity index (χ4v) is 6.98. The number of carbonyl (C=O) groups excluding carboxylic acids is 4. The molecular formula is C33H34ClN3O7. The number of likely N-dealkylation sites (tertiary alicyclic amines) is 1. The van der Waals surface area contributed by atoms with Crippen LogP contribution in [0.3, 0.4) is 0 Å². The molecule has 0 radical (unpaired) electrons. The van der Waals surface area contributed by atoms with Crippen molar-refractivity contribution >= 4 is 41.0 Å². The Morgan fingerprint density at radius 2 is 1.77 bits per heavy atom. The number of allylic oxidation sites excluding steroid dienone is 1. The molecule has 6 rings (SSSR count). The molecule has 4 aliphatic heterocycles. The van der Waals surface area contributed by atoms with E-state index < -0.39 is 53.5 Å². The van der Waals surface area contributed by atoms with Gasteiger partial charge in [-0.05, 0) is 30.5 Å². The molecule has 44 heavy (non-hydrogen) atoms. The monoisotopic (exact) mass is 619 g/mol. The van der Waals surface area contributed by atoms with E-state index in [2.05, 4.69) is 5.32 Å².